The molecular weight excluding hydrogens is 345 g/mol. The summed E-state index contributed by atoms with van der Waals surface area (Å²) in [5.74, 6) is 1.40. The predicted molar refractivity (Wildman–Crippen MR) is 105 cm³/mol. The summed E-state index contributed by atoms with van der Waals surface area (Å²) in [5.41, 5.74) is 9.08. The van der Waals surface area contributed by atoms with Crippen LogP contribution in [0.3, 0.4) is 0 Å². The SMILES string of the molecule is CC(CC(=O)N1CCCc2c(N)cccc21)C1CCNCC1.Cl.Cl. The average molecular weight is 374 g/mol. The van der Waals surface area contributed by atoms with Crippen LogP contribution in [0.1, 0.15) is 38.2 Å². The highest BCUT2D eigenvalue weighted by Crippen LogP contribution is 2.33. The molecule has 1 atom stereocenters. The van der Waals surface area contributed by atoms with Crippen molar-refractivity contribution in [3.05, 3.63) is 23.8 Å². The molecule has 1 amide bonds. The molecule has 0 aliphatic carbocycles. The van der Waals surface area contributed by atoms with Gasteiger partial charge < -0.3 is 16.0 Å². The summed E-state index contributed by atoms with van der Waals surface area (Å²) >= 11 is 0. The van der Waals surface area contributed by atoms with E-state index in [4.69, 9.17) is 5.73 Å². The minimum absolute atomic E-state index is 0. The number of nitrogens with two attached hydrogens (primary N) is 1. The minimum atomic E-state index is 0. The Hall–Kier alpha value is -0.970. The summed E-state index contributed by atoms with van der Waals surface area (Å²) in [6.45, 7) is 5.24. The van der Waals surface area contributed by atoms with Crippen LogP contribution in [0, 0.1) is 11.8 Å². The van der Waals surface area contributed by atoms with Gasteiger partial charge in [0.1, 0.15) is 0 Å². The molecule has 2 aliphatic heterocycles. The van der Waals surface area contributed by atoms with Crippen LogP contribution in [0.2, 0.25) is 0 Å². The zero-order chi connectivity index (χ0) is 15.5. The van der Waals surface area contributed by atoms with Crippen molar-refractivity contribution in [2.75, 3.05) is 30.3 Å². The molecule has 2 heterocycles. The maximum Gasteiger partial charge on any atom is 0.227 e. The maximum atomic E-state index is 12.8. The van der Waals surface area contributed by atoms with Crippen LogP contribution >= 0.6 is 24.8 Å². The second kappa shape index (κ2) is 9.50. The standard InChI is InChI=1S/C18H27N3O.2ClH/c1-13(14-7-9-20-10-8-14)12-18(22)21-11-3-4-15-16(19)5-2-6-17(15)21;;/h2,5-6,13-14,20H,3-4,7-12,19H2,1H3;2*1H. The lowest BCUT2D eigenvalue weighted by molar-refractivity contribution is -0.119. The Morgan fingerprint density at radius 1 is 1.33 bits per heavy atom. The molecule has 6 heteroatoms. The molecule has 1 unspecified atom stereocenters. The van der Waals surface area contributed by atoms with Gasteiger partial charge in [0.15, 0.2) is 0 Å². The number of piperidine rings is 1. The Labute approximate surface area is 157 Å². The van der Waals surface area contributed by atoms with E-state index in [0.717, 1.165) is 49.4 Å². The molecule has 4 nitrogen and oxygen atoms in total. The number of halogens is 2. The molecule has 0 radical (unpaired) electrons. The third kappa shape index (κ3) is 4.56. The second-order valence-electron chi connectivity index (χ2n) is 6.76. The Balaban J connectivity index is 0.00000144. The van der Waals surface area contributed by atoms with Crippen molar-refractivity contribution in [1.82, 2.24) is 5.32 Å². The van der Waals surface area contributed by atoms with E-state index in [9.17, 15) is 4.79 Å². The number of benzene rings is 1. The Morgan fingerprint density at radius 2 is 2.04 bits per heavy atom. The number of nitrogens with zero attached hydrogens (tertiary/aromatic N) is 1. The Morgan fingerprint density at radius 3 is 2.75 bits per heavy atom. The number of nitrogens with one attached hydrogen (secondary N) is 1. The van der Waals surface area contributed by atoms with E-state index in [1.165, 1.54) is 12.8 Å². The molecule has 136 valence electrons. The monoisotopic (exact) mass is 373 g/mol. The van der Waals surface area contributed by atoms with Gasteiger partial charge in [-0.15, -0.1) is 24.8 Å². The van der Waals surface area contributed by atoms with E-state index in [1.807, 2.05) is 23.1 Å². The van der Waals surface area contributed by atoms with Gasteiger partial charge >= 0.3 is 0 Å². The molecule has 3 rings (SSSR count). The highest BCUT2D eigenvalue weighted by Gasteiger charge is 2.27. The summed E-state index contributed by atoms with van der Waals surface area (Å²) in [7, 11) is 0. The minimum Gasteiger partial charge on any atom is -0.398 e. The molecule has 1 aromatic carbocycles. The van der Waals surface area contributed by atoms with E-state index in [2.05, 4.69) is 12.2 Å². The van der Waals surface area contributed by atoms with Gasteiger partial charge in [0, 0.05) is 24.3 Å². The molecule has 1 saturated heterocycles. The predicted octanol–water partition coefficient (Wildman–Crippen LogP) is 3.42. The number of amides is 1. The molecule has 24 heavy (non-hydrogen) atoms. The van der Waals surface area contributed by atoms with Crippen molar-refractivity contribution in [3.63, 3.8) is 0 Å². The van der Waals surface area contributed by atoms with Crippen molar-refractivity contribution >= 4 is 42.1 Å². The van der Waals surface area contributed by atoms with Gasteiger partial charge in [-0.25, -0.2) is 0 Å². The number of anilines is 2. The zero-order valence-electron chi connectivity index (χ0n) is 14.3. The molecule has 0 spiro atoms. The first kappa shape index (κ1) is 21.1. The Kier molecular flexibility index (Phi) is 8.34. The zero-order valence-corrected chi connectivity index (χ0v) is 15.9. The molecule has 0 saturated carbocycles. The lowest BCUT2D eigenvalue weighted by Crippen LogP contribution is -2.38. The quantitative estimate of drug-likeness (QED) is 0.797. The number of carbonyl (C=O) groups is 1. The molecule has 3 N–H and O–H groups in total. The maximum absolute atomic E-state index is 12.8. The molecule has 2 aliphatic rings. The molecule has 1 aromatic rings. The van der Waals surface area contributed by atoms with Crippen LogP contribution in [0.15, 0.2) is 18.2 Å². The number of rotatable bonds is 3. The van der Waals surface area contributed by atoms with Gasteiger partial charge in [-0.1, -0.05) is 13.0 Å². The van der Waals surface area contributed by atoms with Gasteiger partial charge in [-0.3, -0.25) is 4.79 Å². The van der Waals surface area contributed by atoms with Crippen LogP contribution < -0.4 is 16.0 Å². The molecular formula is C18H29Cl2N3O. The topological polar surface area (TPSA) is 58.4 Å². The fourth-order valence-corrected chi connectivity index (χ4v) is 3.88. The molecule has 1 fully saturated rings. The van der Waals surface area contributed by atoms with E-state index >= 15 is 0 Å². The van der Waals surface area contributed by atoms with Gasteiger partial charge in [0.2, 0.25) is 5.91 Å². The van der Waals surface area contributed by atoms with Crippen molar-refractivity contribution in [3.8, 4) is 0 Å². The van der Waals surface area contributed by atoms with Crippen molar-refractivity contribution in [2.24, 2.45) is 11.8 Å². The van der Waals surface area contributed by atoms with Crippen LogP contribution in [0.25, 0.3) is 0 Å². The number of nitrogen functional groups attached to an aromatic ring is 1. The average Bonchev–Trinajstić information content (AvgIpc) is 2.55. The fourth-order valence-electron chi connectivity index (χ4n) is 3.88. The highest BCUT2D eigenvalue weighted by atomic mass is 35.5. The van der Waals surface area contributed by atoms with Crippen LogP contribution in [-0.4, -0.2) is 25.5 Å². The van der Waals surface area contributed by atoms with Crippen LogP contribution in [0.4, 0.5) is 11.4 Å². The largest absolute Gasteiger partial charge is 0.398 e. The number of hydrogen-bond acceptors (Lipinski definition) is 3. The third-order valence-electron chi connectivity index (χ3n) is 5.27. The summed E-state index contributed by atoms with van der Waals surface area (Å²) in [5, 5.41) is 3.40. The lowest BCUT2D eigenvalue weighted by atomic mass is 9.83. The lowest BCUT2D eigenvalue weighted by Gasteiger charge is -2.33. The normalized spacial score (nSPS) is 18.8. The summed E-state index contributed by atoms with van der Waals surface area (Å²) in [6.07, 6.45) is 5.03. The summed E-state index contributed by atoms with van der Waals surface area (Å²) < 4.78 is 0. The van der Waals surface area contributed by atoms with E-state index in [-0.39, 0.29) is 30.7 Å². The van der Waals surface area contributed by atoms with Gasteiger partial charge in [-0.05, 0) is 68.3 Å². The molecule has 0 aromatic heterocycles. The second-order valence-corrected chi connectivity index (χ2v) is 6.76. The summed E-state index contributed by atoms with van der Waals surface area (Å²) in [6, 6.07) is 5.93. The summed E-state index contributed by atoms with van der Waals surface area (Å²) in [4.78, 5) is 14.8. The number of hydrogen-bond donors (Lipinski definition) is 2. The van der Waals surface area contributed by atoms with Crippen molar-refractivity contribution in [2.45, 2.75) is 39.0 Å². The first-order valence-electron chi connectivity index (χ1n) is 8.55. The molecule has 0 bridgehead atoms. The third-order valence-corrected chi connectivity index (χ3v) is 5.27. The highest BCUT2D eigenvalue weighted by molar-refractivity contribution is 5.95. The first-order chi connectivity index (χ1) is 10.7. The van der Waals surface area contributed by atoms with Crippen LogP contribution in [0.5, 0.6) is 0 Å². The van der Waals surface area contributed by atoms with Crippen molar-refractivity contribution < 1.29 is 4.79 Å². The van der Waals surface area contributed by atoms with Gasteiger partial charge in [-0.2, -0.15) is 0 Å². The van der Waals surface area contributed by atoms with E-state index in [0.29, 0.717) is 18.3 Å². The van der Waals surface area contributed by atoms with E-state index < -0.39 is 0 Å². The number of fused-ring (bicyclic) bond motifs is 1. The Bertz CT molecular complexity index is 547. The van der Waals surface area contributed by atoms with Crippen molar-refractivity contribution in [1.29, 1.82) is 0 Å². The smallest absolute Gasteiger partial charge is 0.227 e. The number of carbonyl (C=O) groups excluding carboxylic acids is 1. The van der Waals surface area contributed by atoms with Gasteiger partial charge in [0.25, 0.3) is 0 Å². The van der Waals surface area contributed by atoms with Gasteiger partial charge in [0.05, 0.1) is 0 Å². The van der Waals surface area contributed by atoms with Crippen LogP contribution in [-0.2, 0) is 11.2 Å². The fraction of sp³-hybridized carbons (Fsp3) is 0.611. The first-order valence-corrected chi connectivity index (χ1v) is 8.55. The van der Waals surface area contributed by atoms with E-state index in [1.54, 1.807) is 0 Å².